The number of carbonyl (C=O) groups excluding carboxylic acids is 3. The Hall–Kier alpha value is -2.97. The minimum Gasteiger partial charge on any atom is -0.480 e. The molecule has 0 radical (unpaired) electrons. The molecule has 0 saturated carbocycles. The fourth-order valence-electron chi connectivity index (χ4n) is 2.83. The molecule has 146 valence electrons. The number of nitrogens with one attached hydrogen (secondary N) is 2. The predicted octanol–water partition coefficient (Wildman–Crippen LogP) is 0.520. The van der Waals surface area contributed by atoms with Gasteiger partial charge < -0.3 is 20.6 Å². The van der Waals surface area contributed by atoms with Gasteiger partial charge >= 0.3 is 5.97 Å². The van der Waals surface area contributed by atoms with E-state index in [2.05, 4.69) is 10.6 Å². The Balaban J connectivity index is 2.01. The topological polar surface area (TPSA) is 116 Å². The third-order valence-corrected chi connectivity index (χ3v) is 4.29. The number of carboxylic acids is 1. The monoisotopic (exact) mass is 379 g/mol. The van der Waals surface area contributed by atoms with Crippen LogP contribution in [0.3, 0.4) is 0 Å². The van der Waals surface area contributed by atoms with Crippen LogP contribution in [0, 0.1) is 17.7 Å². The summed E-state index contributed by atoms with van der Waals surface area (Å²) in [5.74, 6) is -3.86. The molecule has 0 aliphatic carbocycles. The zero-order valence-corrected chi connectivity index (χ0v) is 15.1. The number of benzene rings is 1. The van der Waals surface area contributed by atoms with Crippen molar-refractivity contribution in [2.45, 2.75) is 26.3 Å². The summed E-state index contributed by atoms with van der Waals surface area (Å²) in [5, 5.41) is 13.5. The van der Waals surface area contributed by atoms with Crippen molar-refractivity contribution in [1.29, 1.82) is 0 Å². The lowest BCUT2D eigenvalue weighted by atomic mass is 10.0. The van der Waals surface area contributed by atoms with Crippen LogP contribution in [-0.4, -0.2) is 47.9 Å². The first-order valence-electron chi connectivity index (χ1n) is 8.55. The highest BCUT2D eigenvalue weighted by molar-refractivity contribution is 6.01. The standard InChI is InChI=1S/C18H22FN3O5/c1-10(2)16(18(27)20-8-15(24)25)21-17(26)11-7-14(23)22(9-11)13-5-3-12(19)4-6-13/h3-6,10-11,16H,7-9H2,1-2H3,(H,20,27)(H,21,26)(H,24,25)/t11?,16-/m1/s1. The lowest BCUT2D eigenvalue weighted by Crippen LogP contribution is -2.52. The Morgan fingerprint density at radius 3 is 2.44 bits per heavy atom. The van der Waals surface area contributed by atoms with Crippen LogP contribution in [0.4, 0.5) is 10.1 Å². The molecule has 27 heavy (non-hydrogen) atoms. The molecular formula is C18H22FN3O5. The summed E-state index contributed by atoms with van der Waals surface area (Å²) in [7, 11) is 0. The zero-order valence-electron chi connectivity index (χ0n) is 15.1. The number of aliphatic carboxylic acids is 1. The number of carbonyl (C=O) groups is 4. The number of hydrogen-bond donors (Lipinski definition) is 3. The van der Waals surface area contributed by atoms with Gasteiger partial charge in [-0.3, -0.25) is 19.2 Å². The Kier molecular flexibility index (Phi) is 6.49. The van der Waals surface area contributed by atoms with E-state index in [0.29, 0.717) is 5.69 Å². The first kappa shape index (κ1) is 20.3. The molecule has 1 aliphatic rings. The molecule has 2 atom stereocenters. The number of rotatable bonds is 7. The maximum Gasteiger partial charge on any atom is 0.322 e. The number of hydrogen-bond acceptors (Lipinski definition) is 4. The van der Waals surface area contributed by atoms with Gasteiger partial charge in [0.15, 0.2) is 0 Å². The van der Waals surface area contributed by atoms with Gasteiger partial charge in [0.25, 0.3) is 0 Å². The van der Waals surface area contributed by atoms with E-state index in [1.807, 2.05) is 0 Å². The molecule has 3 amide bonds. The van der Waals surface area contributed by atoms with Gasteiger partial charge in [0.05, 0.1) is 5.92 Å². The van der Waals surface area contributed by atoms with Crippen LogP contribution in [0.5, 0.6) is 0 Å². The first-order chi connectivity index (χ1) is 12.7. The van der Waals surface area contributed by atoms with Crippen molar-refractivity contribution < 1.29 is 28.7 Å². The summed E-state index contributed by atoms with van der Waals surface area (Å²) in [5.41, 5.74) is 0.497. The van der Waals surface area contributed by atoms with Crippen molar-refractivity contribution >= 4 is 29.4 Å². The molecular weight excluding hydrogens is 357 g/mol. The average molecular weight is 379 g/mol. The van der Waals surface area contributed by atoms with Crippen LogP contribution in [-0.2, 0) is 19.2 Å². The summed E-state index contributed by atoms with van der Waals surface area (Å²) in [6, 6.07) is 4.48. The molecule has 0 bridgehead atoms. The van der Waals surface area contributed by atoms with Crippen molar-refractivity contribution in [3.8, 4) is 0 Å². The summed E-state index contributed by atoms with van der Waals surface area (Å²) >= 11 is 0. The fraction of sp³-hybridized carbons (Fsp3) is 0.444. The van der Waals surface area contributed by atoms with Crippen molar-refractivity contribution in [2.75, 3.05) is 18.0 Å². The molecule has 2 rings (SSSR count). The van der Waals surface area contributed by atoms with E-state index in [9.17, 15) is 23.6 Å². The first-order valence-corrected chi connectivity index (χ1v) is 8.55. The highest BCUT2D eigenvalue weighted by Gasteiger charge is 2.37. The SMILES string of the molecule is CC(C)[C@@H](NC(=O)C1CC(=O)N(c2ccc(F)cc2)C1)C(=O)NCC(=O)O. The van der Waals surface area contributed by atoms with Gasteiger partial charge in [0.1, 0.15) is 18.4 Å². The van der Waals surface area contributed by atoms with Crippen LogP contribution in [0.1, 0.15) is 20.3 Å². The molecule has 1 fully saturated rings. The number of anilines is 1. The zero-order chi connectivity index (χ0) is 20.1. The van der Waals surface area contributed by atoms with E-state index in [-0.39, 0.29) is 24.8 Å². The Morgan fingerprint density at radius 1 is 1.26 bits per heavy atom. The molecule has 1 aromatic rings. The van der Waals surface area contributed by atoms with Crippen molar-refractivity contribution in [3.05, 3.63) is 30.1 Å². The maximum absolute atomic E-state index is 13.0. The lowest BCUT2D eigenvalue weighted by molar-refractivity contribution is -0.138. The van der Waals surface area contributed by atoms with Crippen molar-refractivity contribution in [2.24, 2.45) is 11.8 Å². The van der Waals surface area contributed by atoms with Crippen molar-refractivity contribution in [3.63, 3.8) is 0 Å². The number of halogens is 1. The smallest absolute Gasteiger partial charge is 0.322 e. The van der Waals surface area contributed by atoms with E-state index in [1.54, 1.807) is 13.8 Å². The molecule has 9 heteroatoms. The minimum atomic E-state index is -1.19. The van der Waals surface area contributed by atoms with Gasteiger partial charge in [-0.2, -0.15) is 0 Å². The fourth-order valence-corrected chi connectivity index (χ4v) is 2.83. The highest BCUT2D eigenvalue weighted by atomic mass is 19.1. The largest absolute Gasteiger partial charge is 0.480 e. The third-order valence-electron chi connectivity index (χ3n) is 4.29. The normalized spacial score (nSPS) is 17.7. The summed E-state index contributed by atoms with van der Waals surface area (Å²) < 4.78 is 13.0. The van der Waals surface area contributed by atoms with E-state index in [1.165, 1.54) is 29.2 Å². The molecule has 3 N–H and O–H groups in total. The summed E-state index contributed by atoms with van der Waals surface area (Å²) in [4.78, 5) is 48.9. The second-order valence-electron chi connectivity index (χ2n) is 6.72. The maximum atomic E-state index is 13.0. The second kappa shape index (κ2) is 8.61. The average Bonchev–Trinajstić information content (AvgIpc) is 2.99. The number of amides is 3. The minimum absolute atomic E-state index is 0.0230. The van der Waals surface area contributed by atoms with E-state index >= 15 is 0 Å². The van der Waals surface area contributed by atoms with Gasteiger partial charge in [0, 0.05) is 18.7 Å². The lowest BCUT2D eigenvalue weighted by Gasteiger charge is -2.23. The Morgan fingerprint density at radius 2 is 1.89 bits per heavy atom. The van der Waals surface area contributed by atoms with Crippen LogP contribution < -0.4 is 15.5 Å². The third kappa shape index (κ3) is 5.25. The van der Waals surface area contributed by atoms with E-state index in [0.717, 1.165) is 0 Å². The summed E-state index contributed by atoms with van der Waals surface area (Å²) in [6.45, 7) is 3.02. The van der Waals surface area contributed by atoms with Crippen molar-refractivity contribution in [1.82, 2.24) is 10.6 Å². The van der Waals surface area contributed by atoms with Crippen LogP contribution in [0.15, 0.2) is 24.3 Å². The number of nitrogens with zero attached hydrogens (tertiary/aromatic N) is 1. The van der Waals surface area contributed by atoms with E-state index in [4.69, 9.17) is 5.11 Å². The Bertz CT molecular complexity index is 735. The van der Waals surface area contributed by atoms with Gasteiger partial charge in [-0.15, -0.1) is 0 Å². The van der Waals surface area contributed by atoms with Crippen LogP contribution in [0.2, 0.25) is 0 Å². The van der Waals surface area contributed by atoms with Crippen LogP contribution >= 0.6 is 0 Å². The van der Waals surface area contributed by atoms with Crippen LogP contribution in [0.25, 0.3) is 0 Å². The quantitative estimate of drug-likeness (QED) is 0.639. The molecule has 1 saturated heterocycles. The molecule has 1 aromatic carbocycles. The van der Waals surface area contributed by atoms with E-state index < -0.39 is 42.1 Å². The molecule has 1 heterocycles. The molecule has 1 aliphatic heterocycles. The van der Waals surface area contributed by atoms with Gasteiger partial charge in [-0.25, -0.2) is 4.39 Å². The van der Waals surface area contributed by atoms with Gasteiger partial charge in [-0.05, 0) is 30.2 Å². The second-order valence-corrected chi connectivity index (χ2v) is 6.72. The molecule has 8 nitrogen and oxygen atoms in total. The number of carboxylic acid groups (broad SMARTS) is 1. The van der Waals surface area contributed by atoms with Gasteiger partial charge in [-0.1, -0.05) is 13.8 Å². The molecule has 1 unspecified atom stereocenters. The molecule has 0 spiro atoms. The highest BCUT2D eigenvalue weighted by Crippen LogP contribution is 2.25. The summed E-state index contributed by atoms with van der Waals surface area (Å²) in [6.07, 6.45) is -0.0230. The van der Waals surface area contributed by atoms with Gasteiger partial charge in [0.2, 0.25) is 17.7 Å². The Labute approximate surface area is 155 Å². The molecule has 0 aromatic heterocycles. The predicted molar refractivity (Wildman–Crippen MR) is 94.3 cm³/mol.